The van der Waals surface area contributed by atoms with E-state index in [1.54, 1.807) is 7.11 Å². The molecule has 4 heteroatoms. The second kappa shape index (κ2) is 4.46. The lowest BCUT2D eigenvalue weighted by Crippen LogP contribution is -2.49. The monoisotopic (exact) mass is 187 g/mol. The summed E-state index contributed by atoms with van der Waals surface area (Å²) in [4.78, 5) is 11.1. The summed E-state index contributed by atoms with van der Waals surface area (Å²) in [5.41, 5.74) is -0.179. The van der Waals surface area contributed by atoms with E-state index in [1.165, 1.54) is 7.11 Å². The van der Waals surface area contributed by atoms with Crippen molar-refractivity contribution in [2.24, 2.45) is 0 Å². The van der Waals surface area contributed by atoms with Gasteiger partial charge in [0.05, 0.1) is 19.3 Å². The highest BCUT2D eigenvalue weighted by Crippen LogP contribution is 2.29. The quantitative estimate of drug-likeness (QED) is 0.724. The Balaban J connectivity index is 2.51. The number of nitrogens with one attached hydrogen (secondary N) is 1. The maximum absolute atomic E-state index is 11.1. The van der Waals surface area contributed by atoms with E-state index in [0.717, 1.165) is 25.7 Å². The molecule has 0 aromatic rings. The van der Waals surface area contributed by atoms with Gasteiger partial charge in [0, 0.05) is 7.11 Å². The van der Waals surface area contributed by atoms with Crippen molar-refractivity contribution in [2.45, 2.75) is 31.2 Å². The minimum Gasteiger partial charge on any atom is -0.453 e. The molecule has 1 amide bonds. The average molecular weight is 187 g/mol. The topological polar surface area (TPSA) is 47.6 Å². The van der Waals surface area contributed by atoms with Gasteiger partial charge < -0.3 is 14.8 Å². The molecule has 0 spiro atoms. The minimum atomic E-state index is -0.362. The second-order valence-electron chi connectivity index (χ2n) is 3.54. The molecule has 0 saturated heterocycles. The van der Waals surface area contributed by atoms with Gasteiger partial charge in [0.1, 0.15) is 0 Å². The zero-order valence-electron chi connectivity index (χ0n) is 8.26. The first-order valence-electron chi connectivity index (χ1n) is 4.57. The van der Waals surface area contributed by atoms with Crippen LogP contribution in [0.4, 0.5) is 4.79 Å². The van der Waals surface area contributed by atoms with Crippen molar-refractivity contribution in [1.82, 2.24) is 5.32 Å². The van der Waals surface area contributed by atoms with Crippen LogP contribution in [0.5, 0.6) is 0 Å². The van der Waals surface area contributed by atoms with Crippen molar-refractivity contribution in [3.05, 3.63) is 0 Å². The van der Waals surface area contributed by atoms with Gasteiger partial charge in [0.2, 0.25) is 0 Å². The number of alkyl carbamates (subject to hydrolysis) is 1. The Labute approximate surface area is 78.6 Å². The van der Waals surface area contributed by atoms with E-state index in [0.29, 0.717) is 6.61 Å². The molecule has 0 atom stereocenters. The minimum absolute atomic E-state index is 0.179. The van der Waals surface area contributed by atoms with Crippen LogP contribution in [-0.2, 0) is 9.47 Å². The van der Waals surface area contributed by atoms with E-state index in [1.807, 2.05) is 0 Å². The van der Waals surface area contributed by atoms with Crippen molar-refractivity contribution in [3.8, 4) is 0 Å². The highest BCUT2D eigenvalue weighted by atomic mass is 16.5. The van der Waals surface area contributed by atoms with Gasteiger partial charge in [-0.1, -0.05) is 12.8 Å². The number of carbonyl (C=O) groups is 1. The van der Waals surface area contributed by atoms with Crippen LogP contribution in [0.2, 0.25) is 0 Å². The van der Waals surface area contributed by atoms with Crippen LogP contribution in [0, 0.1) is 0 Å². The van der Waals surface area contributed by atoms with Crippen LogP contribution in [0.3, 0.4) is 0 Å². The summed E-state index contributed by atoms with van der Waals surface area (Å²) < 4.78 is 9.68. The third kappa shape index (κ3) is 2.59. The summed E-state index contributed by atoms with van der Waals surface area (Å²) >= 11 is 0. The van der Waals surface area contributed by atoms with E-state index in [2.05, 4.69) is 10.1 Å². The lowest BCUT2D eigenvalue weighted by Gasteiger charge is -2.28. The van der Waals surface area contributed by atoms with Crippen LogP contribution in [0.15, 0.2) is 0 Å². The second-order valence-corrected chi connectivity index (χ2v) is 3.54. The Morgan fingerprint density at radius 2 is 2.00 bits per heavy atom. The van der Waals surface area contributed by atoms with Gasteiger partial charge in [-0.15, -0.1) is 0 Å². The third-order valence-electron chi connectivity index (χ3n) is 2.53. The Kier molecular flexibility index (Phi) is 3.54. The van der Waals surface area contributed by atoms with Crippen LogP contribution in [-0.4, -0.2) is 32.5 Å². The predicted molar refractivity (Wildman–Crippen MR) is 48.6 cm³/mol. The van der Waals surface area contributed by atoms with Gasteiger partial charge in [0.25, 0.3) is 0 Å². The molecular formula is C9H17NO3. The van der Waals surface area contributed by atoms with Gasteiger partial charge in [0.15, 0.2) is 0 Å². The normalized spacial score (nSPS) is 19.8. The number of ether oxygens (including phenoxy) is 2. The molecule has 1 aliphatic carbocycles. The zero-order chi connectivity index (χ0) is 9.73. The lowest BCUT2D eigenvalue weighted by atomic mass is 9.99. The maximum atomic E-state index is 11.1. The third-order valence-corrected chi connectivity index (χ3v) is 2.53. The fourth-order valence-electron chi connectivity index (χ4n) is 1.90. The van der Waals surface area contributed by atoms with E-state index in [4.69, 9.17) is 4.74 Å². The molecule has 13 heavy (non-hydrogen) atoms. The molecule has 0 heterocycles. The fraction of sp³-hybridized carbons (Fsp3) is 0.889. The van der Waals surface area contributed by atoms with Crippen LogP contribution < -0.4 is 5.32 Å². The van der Waals surface area contributed by atoms with Crippen LogP contribution in [0.1, 0.15) is 25.7 Å². The molecule has 0 unspecified atom stereocenters. The lowest BCUT2D eigenvalue weighted by molar-refractivity contribution is 0.0993. The summed E-state index contributed by atoms with van der Waals surface area (Å²) in [5, 5.41) is 2.86. The molecule has 4 nitrogen and oxygen atoms in total. The van der Waals surface area contributed by atoms with Crippen molar-refractivity contribution < 1.29 is 14.3 Å². The summed E-state index contributed by atoms with van der Waals surface area (Å²) in [6, 6.07) is 0. The van der Waals surface area contributed by atoms with Gasteiger partial charge in [-0.05, 0) is 12.8 Å². The predicted octanol–water partition coefficient (Wildman–Crippen LogP) is 1.30. The SMILES string of the molecule is COCC1(NC(=O)OC)CCCC1. The molecule has 0 bridgehead atoms. The highest BCUT2D eigenvalue weighted by molar-refractivity contribution is 5.68. The van der Waals surface area contributed by atoms with E-state index < -0.39 is 0 Å². The number of hydrogen-bond acceptors (Lipinski definition) is 3. The fourth-order valence-corrected chi connectivity index (χ4v) is 1.90. The molecule has 1 aliphatic rings. The van der Waals surface area contributed by atoms with E-state index in [-0.39, 0.29) is 11.6 Å². The highest BCUT2D eigenvalue weighted by Gasteiger charge is 2.35. The van der Waals surface area contributed by atoms with Crippen molar-refractivity contribution in [2.75, 3.05) is 20.8 Å². The maximum Gasteiger partial charge on any atom is 0.407 e. The van der Waals surface area contributed by atoms with E-state index >= 15 is 0 Å². The number of hydrogen-bond donors (Lipinski definition) is 1. The molecule has 1 rings (SSSR count). The van der Waals surface area contributed by atoms with Gasteiger partial charge >= 0.3 is 6.09 Å². The Hall–Kier alpha value is -0.770. The van der Waals surface area contributed by atoms with Crippen LogP contribution >= 0.6 is 0 Å². The molecule has 1 saturated carbocycles. The Morgan fingerprint density at radius 3 is 2.46 bits per heavy atom. The molecule has 0 aromatic carbocycles. The first-order chi connectivity index (χ1) is 6.22. The van der Waals surface area contributed by atoms with Crippen molar-refractivity contribution in [3.63, 3.8) is 0 Å². The van der Waals surface area contributed by atoms with Crippen LogP contribution in [0.25, 0.3) is 0 Å². The van der Waals surface area contributed by atoms with Gasteiger partial charge in [-0.2, -0.15) is 0 Å². The van der Waals surface area contributed by atoms with Crippen molar-refractivity contribution in [1.29, 1.82) is 0 Å². The largest absolute Gasteiger partial charge is 0.453 e. The molecular weight excluding hydrogens is 170 g/mol. The molecule has 1 fully saturated rings. The number of rotatable bonds is 3. The summed E-state index contributed by atoms with van der Waals surface area (Å²) in [5.74, 6) is 0. The average Bonchev–Trinajstić information content (AvgIpc) is 2.54. The molecule has 0 aromatic heterocycles. The molecule has 1 N–H and O–H groups in total. The van der Waals surface area contributed by atoms with Gasteiger partial charge in [-0.25, -0.2) is 4.79 Å². The summed E-state index contributed by atoms with van der Waals surface area (Å²) in [6.45, 7) is 0.572. The number of methoxy groups -OCH3 is 2. The Bertz CT molecular complexity index is 176. The molecule has 76 valence electrons. The van der Waals surface area contributed by atoms with E-state index in [9.17, 15) is 4.79 Å². The molecule has 0 aliphatic heterocycles. The summed E-state index contributed by atoms with van der Waals surface area (Å²) in [6.07, 6.45) is 3.89. The smallest absolute Gasteiger partial charge is 0.407 e. The van der Waals surface area contributed by atoms with Gasteiger partial charge in [-0.3, -0.25) is 0 Å². The standard InChI is InChI=1S/C9H17NO3/c1-12-7-9(5-3-4-6-9)10-8(11)13-2/h3-7H2,1-2H3,(H,10,11). The number of amides is 1. The number of carbonyl (C=O) groups excluding carboxylic acids is 1. The summed E-state index contributed by atoms with van der Waals surface area (Å²) in [7, 11) is 3.03. The Morgan fingerprint density at radius 1 is 1.38 bits per heavy atom. The molecule has 0 radical (unpaired) electrons. The zero-order valence-corrected chi connectivity index (χ0v) is 8.26. The first kappa shape index (κ1) is 10.3. The first-order valence-corrected chi connectivity index (χ1v) is 4.57. The van der Waals surface area contributed by atoms with Crippen molar-refractivity contribution >= 4 is 6.09 Å².